The molecule has 8 nitrogen and oxygen atoms in total. The number of nitrogens with one attached hydrogen (secondary N) is 1. The predicted octanol–water partition coefficient (Wildman–Crippen LogP) is 3.49. The predicted molar refractivity (Wildman–Crippen MR) is 118 cm³/mol. The molecule has 1 saturated heterocycles. The molecule has 0 bridgehead atoms. The number of esters is 1. The Kier molecular flexibility index (Phi) is 6.30. The van der Waals surface area contributed by atoms with Gasteiger partial charge in [-0.05, 0) is 42.1 Å². The Morgan fingerprint density at radius 3 is 2.65 bits per heavy atom. The quantitative estimate of drug-likeness (QED) is 0.222. The first-order chi connectivity index (χ1) is 15.0. The van der Waals surface area contributed by atoms with Gasteiger partial charge in [0.25, 0.3) is 5.69 Å². The van der Waals surface area contributed by atoms with Crippen LogP contribution in [0.15, 0.2) is 70.8 Å². The van der Waals surface area contributed by atoms with Gasteiger partial charge in [0, 0.05) is 22.8 Å². The standard InChI is InChI=1S/C21H19N3O5S2/c1-13-12-30-20-17(22-31-16-9-7-15(8-10-16)24(27)28)19(25)23(20)18(13)21(26)29-11-14-5-3-2-4-6-14/h2-10,17,20,22H,11-12H2,1H3/t17-,20+/m1/s1. The third-order valence-corrected chi connectivity index (χ3v) is 7.22. The van der Waals surface area contributed by atoms with Crippen LogP contribution in [0.2, 0.25) is 0 Å². The molecule has 2 atom stereocenters. The Balaban J connectivity index is 1.38. The lowest BCUT2D eigenvalue weighted by Gasteiger charge is -2.49. The lowest BCUT2D eigenvalue weighted by Crippen LogP contribution is -2.68. The van der Waals surface area contributed by atoms with Crippen molar-refractivity contribution in [1.29, 1.82) is 0 Å². The van der Waals surface area contributed by atoms with Gasteiger partial charge < -0.3 is 4.74 Å². The molecule has 2 aliphatic rings. The highest BCUT2D eigenvalue weighted by atomic mass is 32.2. The normalized spacial score (nSPS) is 20.2. The summed E-state index contributed by atoms with van der Waals surface area (Å²) >= 11 is 2.82. The first kappa shape index (κ1) is 21.4. The van der Waals surface area contributed by atoms with Gasteiger partial charge in [0.1, 0.15) is 23.7 Å². The van der Waals surface area contributed by atoms with Crippen molar-refractivity contribution >= 4 is 41.3 Å². The first-order valence-corrected chi connectivity index (χ1v) is 11.3. The number of nitro groups is 1. The van der Waals surface area contributed by atoms with Gasteiger partial charge in [0.2, 0.25) is 5.91 Å². The number of benzene rings is 2. The van der Waals surface area contributed by atoms with E-state index in [1.54, 1.807) is 23.9 Å². The minimum Gasteiger partial charge on any atom is -0.456 e. The number of β-lactam (4-membered cyclic amide) rings is 1. The topological polar surface area (TPSA) is 102 Å². The number of ether oxygens (including phenoxy) is 1. The molecular weight excluding hydrogens is 438 g/mol. The van der Waals surface area contributed by atoms with E-state index in [9.17, 15) is 19.7 Å². The molecule has 0 radical (unpaired) electrons. The molecule has 0 spiro atoms. The van der Waals surface area contributed by atoms with Crippen molar-refractivity contribution in [2.24, 2.45) is 0 Å². The van der Waals surface area contributed by atoms with E-state index in [4.69, 9.17) is 4.74 Å². The van der Waals surface area contributed by atoms with Crippen molar-refractivity contribution < 1.29 is 19.2 Å². The minimum absolute atomic E-state index is 0.0114. The number of non-ortho nitro benzene ring substituents is 1. The highest BCUT2D eigenvalue weighted by Crippen LogP contribution is 2.41. The van der Waals surface area contributed by atoms with Crippen molar-refractivity contribution in [2.75, 3.05) is 5.75 Å². The van der Waals surface area contributed by atoms with E-state index in [2.05, 4.69) is 4.72 Å². The van der Waals surface area contributed by atoms with Gasteiger partial charge in [-0.1, -0.05) is 30.3 Å². The van der Waals surface area contributed by atoms with E-state index in [0.29, 0.717) is 11.4 Å². The third kappa shape index (κ3) is 4.46. The van der Waals surface area contributed by atoms with Crippen LogP contribution in [-0.2, 0) is 20.9 Å². The fraction of sp³-hybridized carbons (Fsp3) is 0.238. The van der Waals surface area contributed by atoms with Crippen LogP contribution in [0.1, 0.15) is 12.5 Å². The highest BCUT2D eigenvalue weighted by Gasteiger charge is 2.53. The van der Waals surface area contributed by atoms with Crippen LogP contribution in [0.4, 0.5) is 5.69 Å². The lowest BCUT2D eigenvalue weighted by atomic mass is 10.0. The zero-order valence-electron chi connectivity index (χ0n) is 16.5. The number of rotatable bonds is 7. The maximum Gasteiger partial charge on any atom is 0.355 e. The van der Waals surface area contributed by atoms with E-state index in [1.165, 1.54) is 29.0 Å². The molecule has 0 saturated carbocycles. The minimum atomic E-state index is -0.499. The van der Waals surface area contributed by atoms with Gasteiger partial charge in [0.15, 0.2) is 0 Å². The second kappa shape index (κ2) is 9.13. The molecule has 2 aromatic rings. The average molecular weight is 458 g/mol. The lowest BCUT2D eigenvalue weighted by molar-refractivity contribution is -0.384. The molecular formula is C21H19N3O5S2. The maximum absolute atomic E-state index is 12.8. The summed E-state index contributed by atoms with van der Waals surface area (Å²) in [6.07, 6.45) is 0. The van der Waals surface area contributed by atoms with Crippen LogP contribution in [0.5, 0.6) is 0 Å². The Bertz CT molecular complexity index is 1040. The van der Waals surface area contributed by atoms with Gasteiger partial charge in [-0.25, -0.2) is 9.52 Å². The van der Waals surface area contributed by atoms with E-state index < -0.39 is 16.9 Å². The zero-order valence-corrected chi connectivity index (χ0v) is 18.2. The average Bonchev–Trinajstić information content (AvgIpc) is 2.78. The van der Waals surface area contributed by atoms with Gasteiger partial charge >= 0.3 is 5.97 Å². The van der Waals surface area contributed by atoms with Crippen LogP contribution in [0, 0.1) is 10.1 Å². The number of nitro benzene ring substituents is 1. The number of amides is 1. The molecule has 1 fully saturated rings. The van der Waals surface area contributed by atoms with Crippen molar-refractivity contribution in [3.05, 3.63) is 81.5 Å². The van der Waals surface area contributed by atoms with E-state index in [-0.39, 0.29) is 23.6 Å². The van der Waals surface area contributed by atoms with Gasteiger partial charge in [-0.15, -0.1) is 11.8 Å². The SMILES string of the molecule is CC1=C(C(=O)OCc2ccccc2)N2C(=O)[C@@H](NSc3ccc([N+](=O)[O-])cc3)[C@@H]2SC1. The van der Waals surface area contributed by atoms with Crippen LogP contribution in [0.25, 0.3) is 0 Å². The number of thioether (sulfide) groups is 1. The van der Waals surface area contributed by atoms with E-state index in [1.807, 2.05) is 37.3 Å². The van der Waals surface area contributed by atoms with Crippen molar-refractivity contribution in [1.82, 2.24) is 9.62 Å². The van der Waals surface area contributed by atoms with E-state index in [0.717, 1.165) is 16.0 Å². The molecule has 0 unspecified atom stereocenters. The van der Waals surface area contributed by atoms with Crippen molar-refractivity contribution in [3.8, 4) is 0 Å². The summed E-state index contributed by atoms with van der Waals surface area (Å²) in [5, 5.41) is 10.6. The molecule has 2 heterocycles. The van der Waals surface area contributed by atoms with Gasteiger partial charge in [0.05, 0.1) is 4.92 Å². The zero-order chi connectivity index (χ0) is 22.0. The molecule has 31 heavy (non-hydrogen) atoms. The molecule has 1 N–H and O–H groups in total. The Morgan fingerprint density at radius 1 is 1.26 bits per heavy atom. The van der Waals surface area contributed by atoms with Gasteiger partial charge in [-0.3, -0.25) is 19.8 Å². The summed E-state index contributed by atoms with van der Waals surface area (Å²) in [5.74, 6) is -0.0657. The smallest absolute Gasteiger partial charge is 0.355 e. The fourth-order valence-electron chi connectivity index (χ4n) is 3.30. The van der Waals surface area contributed by atoms with Gasteiger partial charge in [-0.2, -0.15) is 0 Å². The number of nitrogens with zero attached hydrogens (tertiary/aromatic N) is 2. The Morgan fingerprint density at radius 2 is 1.97 bits per heavy atom. The fourth-order valence-corrected chi connectivity index (χ4v) is 5.44. The summed E-state index contributed by atoms with van der Waals surface area (Å²) in [6.45, 7) is 1.98. The largest absolute Gasteiger partial charge is 0.456 e. The highest BCUT2D eigenvalue weighted by molar-refractivity contribution is 8.00. The molecule has 2 aromatic carbocycles. The molecule has 160 valence electrons. The number of hydrogen-bond donors (Lipinski definition) is 1. The summed E-state index contributed by atoms with van der Waals surface area (Å²) in [5.41, 5.74) is 2.03. The first-order valence-electron chi connectivity index (χ1n) is 9.48. The molecule has 4 rings (SSSR count). The summed E-state index contributed by atoms with van der Waals surface area (Å²) in [6, 6.07) is 15.0. The maximum atomic E-state index is 12.8. The Hall–Kier alpha value is -2.82. The molecule has 0 aromatic heterocycles. The number of carbonyl (C=O) groups excluding carboxylic acids is 2. The third-order valence-electron chi connectivity index (χ3n) is 4.92. The second-order valence-corrected chi connectivity index (χ2v) is 9.07. The molecule has 0 aliphatic carbocycles. The van der Waals surface area contributed by atoms with Crippen LogP contribution >= 0.6 is 23.7 Å². The second-order valence-electron chi connectivity index (χ2n) is 7.05. The monoisotopic (exact) mass is 457 g/mol. The van der Waals surface area contributed by atoms with Crippen LogP contribution < -0.4 is 4.72 Å². The number of carbonyl (C=O) groups is 2. The Labute approximate surface area is 187 Å². The van der Waals surface area contributed by atoms with Crippen molar-refractivity contribution in [2.45, 2.75) is 29.8 Å². The van der Waals surface area contributed by atoms with Crippen LogP contribution in [-0.4, -0.2) is 38.9 Å². The van der Waals surface area contributed by atoms with E-state index >= 15 is 0 Å². The molecule has 1 amide bonds. The van der Waals surface area contributed by atoms with Crippen molar-refractivity contribution in [3.63, 3.8) is 0 Å². The summed E-state index contributed by atoms with van der Waals surface area (Å²) < 4.78 is 8.58. The number of hydrogen-bond acceptors (Lipinski definition) is 8. The summed E-state index contributed by atoms with van der Waals surface area (Å²) in [4.78, 5) is 38.1. The molecule has 2 aliphatic heterocycles. The summed E-state index contributed by atoms with van der Waals surface area (Å²) in [7, 11) is 0. The van der Waals surface area contributed by atoms with Crippen LogP contribution in [0.3, 0.4) is 0 Å². The molecule has 10 heteroatoms. The number of fused-ring (bicyclic) bond motifs is 1.